The van der Waals surface area contributed by atoms with E-state index in [1.54, 1.807) is 43.6 Å². The van der Waals surface area contributed by atoms with Crippen LogP contribution in [0, 0.1) is 0 Å². The average molecular weight is 543 g/mol. The molecule has 2 atom stereocenters. The number of phenols is 1. The maximum Gasteiger partial charge on any atom is 0.336 e. The van der Waals surface area contributed by atoms with Gasteiger partial charge in [-0.1, -0.05) is 12.1 Å². The molecule has 0 saturated heterocycles. The van der Waals surface area contributed by atoms with E-state index in [-0.39, 0.29) is 23.5 Å². The number of amides is 1. The molecule has 40 heavy (non-hydrogen) atoms. The molecule has 0 aliphatic heterocycles. The lowest BCUT2D eigenvalue weighted by atomic mass is 10.0. The van der Waals surface area contributed by atoms with Crippen molar-refractivity contribution in [2.45, 2.75) is 25.5 Å². The molecule has 0 unspecified atom stereocenters. The van der Waals surface area contributed by atoms with Crippen LogP contribution in [0.1, 0.15) is 12.5 Å². The summed E-state index contributed by atoms with van der Waals surface area (Å²) in [6.07, 6.45) is 0.588. The zero-order chi connectivity index (χ0) is 28.4. The summed E-state index contributed by atoms with van der Waals surface area (Å²) in [6.45, 7) is 1.49. The average Bonchev–Trinajstić information content (AvgIpc) is 3.33. The predicted molar refractivity (Wildman–Crippen MR) is 148 cm³/mol. The van der Waals surface area contributed by atoms with Crippen molar-refractivity contribution in [3.63, 3.8) is 0 Å². The van der Waals surface area contributed by atoms with Crippen LogP contribution in [0.4, 0.5) is 0 Å². The standard InChI is InChI=1S/C30H26N2O8/c1-16(29(35)32-26(30(36)37)11-18-15-31-25-10-5-19(33)12-24(18)25)39-21-8-9-22-23(14-28(34)40-27(22)13-21)17-3-6-20(38-2)7-4-17/h3-10,12-16,26,31,33H,11H2,1-2H3,(H,32,35)(H,36,37)/t16-,26-/m1/s1. The molecule has 0 spiro atoms. The fraction of sp³-hybridized carbons (Fsp3) is 0.167. The Kier molecular flexibility index (Phi) is 7.15. The molecule has 10 nitrogen and oxygen atoms in total. The van der Waals surface area contributed by atoms with Gasteiger partial charge in [0, 0.05) is 41.0 Å². The Balaban J connectivity index is 1.32. The van der Waals surface area contributed by atoms with Crippen LogP contribution in [-0.4, -0.2) is 46.3 Å². The normalized spacial score (nSPS) is 12.7. The quantitative estimate of drug-likeness (QED) is 0.202. The second-order valence-electron chi connectivity index (χ2n) is 9.27. The molecule has 0 saturated carbocycles. The van der Waals surface area contributed by atoms with Crippen molar-refractivity contribution in [3.05, 3.63) is 88.9 Å². The molecule has 5 aromatic rings. The van der Waals surface area contributed by atoms with Crippen molar-refractivity contribution < 1.29 is 33.7 Å². The van der Waals surface area contributed by atoms with Crippen LogP contribution in [-0.2, 0) is 16.0 Å². The summed E-state index contributed by atoms with van der Waals surface area (Å²) in [5, 5.41) is 23.4. The van der Waals surface area contributed by atoms with Crippen LogP contribution in [0.15, 0.2) is 82.1 Å². The number of benzene rings is 3. The third-order valence-corrected chi connectivity index (χ3v) is 6.59. The molecule has 204 valence electrons. The van der Waals surface area contributed by atoms with E-state index in [1.807, 2.05) is 12.1 Å². The number of aliphatic carboxylic acids is 1. The number of aromatic nitrogens is 1. The fourth-order valence-corrected chi connectivity index (χ4v) is 4.53. The van der Waals surface area contributed by atoms with Gasteiger partial charge in [-0.15, -0.1) is 0 Å². The van der Waals surface area contributed by atoms with Gasteiger partial charge in [-0.05, 0) is 66.1 Å². The Bertz CT molecular complexity index is 1770. The summed E-state index contributed by atoms with van der Waals surface area (Å²) in [5.74, 6) is -0.847. The van der Waals surface area contributed by atoms with Gasteiger partial charge in [0.05, 0.1) is 7.11 Å². The zero-order valence-electron chi connectivity index (χ0n) is 21.6. The summed E-state index contributed by atoms with van der Waals surface area (Å²) in [5.41, 5.74) is 2.56. The highest BCUT2D eigenvalue weighted by Gasteiger charge is 2.25. The highest BCUT2D eigenvalue weighted by molar-refractivity contribution is 5.94. The number of methoxy groups -OCH3 is 1. The van der Waals surface area contributed by atoms with Crippen LogP contribution >= 0.6 is 0 Å². The molecule has 0 radical (unpaired) electrons. The number of hydrogen-bond acceptors (Lipinski definition) is 7. The lowest BCUT2D eigenvalue weighted by Gasteiger charge is -2.19. The molecule has 5 rings (SSSR count). The number of carboxylic acid groups (broad SMARTS) is 1. The number of aromatic hydroxyl groups is 1. The lowest BCUT2D eigenvalue weighted by Crippen LogP contribution is -2.47. The number of hydrogen-bond donors (Lipinski definition) is 4. The van der Waals surface area contributed by atoms with E-state index in [0.717, 1.165) is 11.1 Å². The molecule has 0 bridgehead atoms. The Hall–Kier alpha value is -5.25. The molecular formula is C30H26N2O8. The predicted octanol–water partition coefficient (Wildman–Crippen LogP) is 4.23. The summed E-state index contributed by atoms with van der Waals surface area (Å²) in [7, 11) is 1.57. The molecule has 3 aromatic carbocycles. The Morgan fingerprint density at radius 2 is 1.75 bits per heavy atom. The van der Waals surface area contributed by atoms with E-state index >= 15 is 0 Å². The number of ether oxygens (including phenoxy) is 2. The van der Waals surface area contributed by atoms with Gasteiger partial charge in [0.15, 0.2) is 6.10 Å². The van der Waals surface area contributed by atoms with Gasteiger partial charge in [0.25, 0.3) is 5.91 Å². The van der Waals surface area contributed by atoms with Crippen molar-refractivity contribution >= 4 is 33.7 Å². The second-order valence-corrected chi connectivity index (χ2v) is 9.27. The molecule has 2 aromatic heterocycles. The fourth-order valence-electron chi connectivity index (χ4n) is 4.53. The first-order valence-electron chi connectivity index (χ1n) is 12.4. The lowest BCUT2D eigenvalue weighted by molar-refractivity contribution is -0.142. The molecule has 0 fully saturated rings. The minimum Gasteiger partial charge on any atom is -0.508 e. The third-order valence-electron chi connectivity index (χ3n) is 6.59. The SMILES string of the molecule is COc1ccc(-c2cc(=O)oc3cc(O[C@H](C)C(=O)N[C@H](Cc4c[nH]c5ccc(O)cc45)C(=O)O)ccc23)cc1. The molecule has 10 heteroatoms. The highest BCUT2D eigenvalue weighted by Crippen LogP contribution is 2.31. The first kappa shape index (κ1) is 26.4. The van der Waals surface area contributed by atoms with Gasteiger partial charge in [-0.3, -0.25) is 4.79 Å². The maximum atomic E-state index is 12.9. The number of aromatic amines is 1. The number of carboxylic acids is 1. The number of fused-ring (bicyclic) bond motifs is 2. The number of phenolic OH excluding ortho intramolecular Hbond substituents is 1. The van der Waals surface area contributed by atoms with E-state index in [2.05, 4.69) is 10.3 Å². The van der Waals surface area contributed by atoms with Gasteiger partial charge in [0.2, 0.25) is 0 Å². The van der Waals surface area contributed by atoms with Crippen molar-refractivity contribution in [1.29, 1.82) is 0 Å². The van der Waals surface area contributed by atoms with Gasteiger partial charge < -0.3 is 34.4 Å². The minimum absolute atomic E-state index is 0.00743. The topological polar surface area (TPSA) is 151 Å². The Labute approximate surface area is 227 Å². The van der Waals surface area contributed by atoms with Gasteiger partial charge in [0.1, 0.15) is 28.9 Å². The Morgan fingerprint density at radius 3 is 2.48 bits per heavy atom. The van der Waals surface area contributed by atoms with Crippen molar-refractivity contribution in [2.24, 2.45) is 0 Å². The first-order valence-corrected chi connectivity index (χ1v) is 12.4. The summed E-state index contributed by atoms with van der Waals surface area (Å²) < 4.78 is 16.4. The van der Waals surface area contributed by atoms with Crippen molar-refractivity contribution in [2.75, 3.05) is 7.11 Å². The smallest absolute Gasteiger partial charge is 0.336 e. The zero-order valence-corrected chi connectivity index (χ0v) is 21.6. The van der Waals surface area contributed by atoms with E-state index in [0.29, 0.717) is 27.6 Å². The van der Waals surface area contributed by atoms with E-state index < -0.39 is 29.6 Å². The van der Waals surface area contributed by atoms with Crippen LogP contribution in [0.3, 0.4) is 0 Å². The monoisotopic (exact) mass is 542 g/mol. The molecule has 0 aliphatic rings. The number of carbonyl (C=O) groups excluding carboxylic acids is 1. The van der Waals surface area contributed by atoms with E-state index in [1.165, 1.54) is 31.2 Å². The highest BCUT2D eigenvalue weighted by atomic mass is 16.5. The van der Waals surface area contributed by atoms with Crippen molar-refractivity contribution in [1.82, 2.24) is 10.3 Å². The summed E-state index contributed by atoms with van der Waals surface area (Å²) >= 11 is 0. The van der Waals surface area contributed by atoms with Gasteiger partial charge >= 0.3 is 11.6 Å². The third kappa shape index (κ3) is 5.46. The van der Waals surface area contributed by atoms with Crippen LogP contribution in [0.5, 0.6) is 17.2 Å². The van der Waals surface area contributed by atoms with Crippen LogP contribution in [0.25, 0.3) is 33.0 Å². The first-order chi connectivity index (χ1) is 19.2. The largest absolute Gasteiger partial charge is 0.508 e. The van der Waals surface area contributed by atoms with Gasteiger partial charge in [-0.25, -0.2) is 9.59 Å². The van der Waals surface area contributed by atoms with Crippen LogP contribution in [0.2, 0.25) is 0 Å². The number of nitrogens with one attached hydrogen (secondary N) is 2. The Morgan fingerprint density at radius 1 is 1.00 bits per heavy atom. The second kappa shape index (κ2) is 10.9. The molecule has 4 N–H and O–H groups in total. The maximum absolute atomic E-state index is 12.9. The van der Waals surface area contributed by atoms with Crippen molar-refractivity contribution in [3.8, 4) is 28.4 Å². The molecular weight excluding hydrogens is 516 g/mol. The summed E-state index contributed by atoms with van der Waals surface area (Å²) in [6, 6.07) is 17.1. The molecule has 2 heterocycles. The molecule has 1 amide bonds. The number of carbonyl (C=O) groups is 2. The van der Waals surface area contributed by atoms with E-state index in [4.69, 9.17) is 13.9 Å². The minimum atomic E-state index is -1.23. The number of H-pyrrole nitrogens is 1. The summed E-state index contributed by atoms with van der Waals surface area (Å²) in [4.78, 5) is 40.1. The molecule has 0 aliphatic carbocycles. The number of rotatable bonds is 9. The van der Waals surface area contributed by atoms with Crippen LogP contribution < -0.4 is 20.4 Å². The van der Waals surface area contributed by atoms with E-state index in [9.17, 15) is 24.6 Å². The van der Waals surface area contributed by atoms with Gasteiger partial charge in [-0.2, -0.15) is 0 Å².